The molecule has 2 N–H and O–H groups in total. The second kappa shape index (κ2) is 10.4. The van der Waals surface area contributed by atoms with Crippen molar-refractivity contribution in [2.45, 2.75) is 32.6 Å². The monoisotopic (exact) mass is 401 g/mol. The smallest absolute Gasteiger partial charge is 0.344 e. The van der Waals surface area contributed by atoms with Crippen LogP contribution >= 0.6 is 0 Å². The van der Waals surface area contributed by atoms with Crippen LogP contribution in [0.5, 0.6) is 0 Å². The van der Waals surface area contributed by atoms with Gasteiger partial charge in [0.05, 0.1) is 12.2 Å². The van der Waals surface area contributed by atoms with E-state index in [1.165, 1.54) is 18.7 Å². The molecule has 1 aliphatic rings. The van der Waals surface area contributed by atoms with Crippen molar-refractivity contribution in [3.63, 3.8) is 0 Å². The quantitative estimate of drug-likeness (QED) is 0.609. The molecule has 1 saturated heterocycles. The molecule has 1 aliphatic heterocycles. The van der Waals surface area contributed by atoms with Crippen molar-refractivity contribution in [2.24, 2.45) is 0 Å². The number of carbonyl (C=O) groups excluding carboxylic acids is 2. The molecule has 1 aromatic rings. The van der Waals surface area contributed by atoms with Crippen molar-refractivity contribution in [2.75, 3.05) is 39.3 Å². The number of hydrogen-bond donors (Lipinski definition) is 2. The van der Waals surface area contributed by atoms with Crippen LogP contribution in [-0.2, 0) is 22.7 Å². The number of likely N-dealkylation sites (tertiary alicyclic amines) is 1. The molecule has 1 fully saturated rings. The average molecular weight is 401 g/mol. The zero-order chi connectivity index (χ0) is 20.6. The lowest BCUT2D eigenvalue weighted by atomic mass is 10.2. The van der Waals surface area contributed by atoms with E-state index in [9.17, 15) is 22.8 Å². The van der Waals surface area contributed by atoms with Crippen LogP contribution in [0.25, 0.3) is 0 Å². The van der Waals surface area contributed by atoms with Crippen LogP contribution in [0.3, 0.4) is 0 Å². The van der Waals surface area contributed by atoms with Gasteiger partial charge in [-0.1, -0.05) is 0 Å². The standard InChI is InChI=1S/C18H26F3N5O2/c1-2-26(9-8-25-6-3-7-25)16(27)13-22-12-15-10-14(4-5-23-15)11-24-17(28)18(19,20)21/h4-5,10,22H,2-3,6-9,11-13H2,1H3,(H,24,28). The Morgan fingerprint density at radius 3 is 2.64 bits per heavy atom. The minimum Gasteiger partial charge on any atom is -0.344 e. The maximum atomic E-state index is 12.3. The van der Waals surface area contributed by atoms with Gasteiger partial charge >= 0.3 is 12.1 Å². The van der Waals surface area contributed by atoms with Crippen LogP contribution in [0.1, 0.15) is 24.6 Å². The Hall–Kier alpha value is -2.20. The van der Waals surface area contributed by atoms with Crippen LogP contribution in [0.2, 0.25) is 0 Å². The van der Waals surface area contributed by atoms with Crippen LogP contribution in [0, 0.1) is 0 Å². The highest BCUT2D eigenvalue weighted by molar-refractivity contribution is 5.81. The Labute approximate surface area is 162 Å². The molecule has 1 aromatic heterocycles. The summed E-state index contributed by atoms with van der Waals surface area (Å²) < 4.78 is 36.7. The summed E-state index contributed by atoms with van der Waals surface area (Å²) in [5, 5.41) is 4.83. The zero-order valence-electron chi connectivity index (χ0n) is 15.9. The van der Waals surface area contributed by atoms with Crippen molar-refractivity contribution >= 4 is 11.8 Å². The molecule has 0 radical (unpaired) electrons. The van der Waals surface area contributed by atoms with Crippen molar-refractivity contribution in [1.82, 2.24) is 25.4 Å². The van der Waals surface area contributed by atoms with E-state index < -0.39 is 12.1 Å². The Morgan fingerprint density at radius 1 is 1.29 bits per heavy atom. The van der Waals surface area contributed by atoms with Gasteiger partial charge in [0, 0.05) is 38.9 Å². The van der Waals surface area contributed by atoms with Crippen molar-refractivity contribution in [1.29, 1.82) is 0 Å². The second-order valence-electron chi connectivity index (χ2n) is 6.61. The van der Waals surface area contributed by atoms with Gasteiger partial charge in [0.2, 0.25) is 5.91 Å². The number of nitrogens with zero attached hydrogens (tertiary/aromatic N) is 3. The first-order valence-electron chi connectivity index (χ1n) is 9.29. The fraction of sp³-hybridized carbons (Fsp3) is 0.611. The first-order valence-corrected chi connectivity index (χ1v) is 9.29. The molecule has 7 nitrogen and oxygen atoms in total. The number of likely N-dealkylation sites (N-methyl/N-ethyl adjacent to an activating group) is 1. The van der Waals surface area contributed by atoms with Gasteiger partial charge in [-0.2, -0.15) is 13.2 Å². The maximum Gasteiger partial charge on any atom is 0.471 e. The highest BCUT2D eigenvalue weighted by Gasteiger charge is 2.38. The second-order valence-corrected chi connectivity index (χ2v) is 6.61. The molecular weight excluding hydrogens is 375 g/mol. The van der Waals surface area contributed by atoms with E-state index in [1.807, 2.05) is 12.2 Å². The van der Waals surface area contributed by atoms with Crippen LogP contribution < -0.4 is 10.6 Å². The van der Waals surface area contributed by atoms with Gasteiger partial charge in [-0.3, -0.25) is 14.6 Å². The van der Waals surface area contributed by atoms with Crippen molar-refractivity contribution < 1.29 is 22.8 Å². The van der Waals surface area contributed by atoms with Gasteiger partial charge < -0.3 is 20.4 Å². The molecule has 28 heavy (non-hydrogen) atoms. The van der Waals surface area contributed by atoms with Gasteiger partial charge in [-0.25, -0.2) is 0 Å². The molecule has 156 valence electrons. The van der Waals surface area contributed by atoms with Crippen LogP contribution in [0.15, 0.2) is 18.3 Å². The number of alkyl halides is 3. The highest BCUT2D eigenvalue weighted by Crippen LogP contribution is 2.14. The normalized spacial score (nSPS) is 14.4. The van der Waals surface area contributed by atoms with E-state index in [1.54, 1.807) is 11.0 Å². The summed E-state index contributed by atoms with van der Waals surface area (Å²) in [6.07, 6.45) is -2.23. The number of carbonyl (C=O) groups is 2. The van der Waals surface area contributed by atoms with Gasteiger partial charge in [0.15, 0.2) is 0 Å². The van der Waals surface area contributed by atoms with Gasteiger partial charge in [0.1, 0.15) is 0 Å². The summed E-state index contributed by atoms with van der Waals surface area (Å²) in [5.41, 5.74) is 1.08. The molecule has 10 heteroatoms. The molecule has 0 spiro atoms. The SMILES string of the molecule is CCN(CCN1CCC1)C(=O)CNCc1cc(CNC(=O)C(F)(F)F)ccn1. The first kappa shape index (κ1) is 22.1. The van der Waals surface area contributed by atoms with Crippen LogP contribution in [-0.4, -0.2) is 72.0 Å². The minimum atomic E-state index is -4.90. The summed E-state index contributed by atoms with van der Waals surface area (Å²) in [6.45, 7) is 6.56. The van der Waals surface area contributed by atoms with E-state index in [0.717, 1.165) is 19.6 Å². The summed E-state index contributed by atoms with van der Waals surface area (Å²) in [7, 11) is 0. The largest absolute Gasteiger partial charge is 0.471 e. The maximum absolute atomic E-state index is 12.3. The third kappa shape index (κ3) is 7.08. The Kier molecular flexibility index (Phi) is 8.18. The number of halogens is 3. The number of nitrogens with one attached hydrogen (secondary N) is 2. The fourth-order valence-corrected chi connectivity index (χ4v) is 2.75. The third-order valence-electron chi connectivity index (χ3n) is 4.54. The van der Waals surface area contributed by atoms with Gasteiger partial charge in [-0.15, -0.1) is 0 Å². The Balaban J connectivity index is 1.74. The molecule has 0 aliphatic carbocycles. The molecule has 0 unspecified atom stereocenters. The van der Waals surface area contributed by atoms with Crippen molar-refractivity contribution in [3.05, 3.63) is 29.6 Å². The number of hydrogen-bond acceptors (Lipinski definition) is 5. The molecule has 0 aromatic carbocycles. The lowest BCUT2D eigenvalue weighted by Crippen LogP contribution is -2.45. The summed E-state index contributed by atoms with van der Waals surface area (Å²) >= 11 is 0. The molecule has 2 rings (SSSR count). The first-order chi connectivity index (χ1) is 13.3. The molecule has 0 saturated carbocycles. The van der Waals surface area contributed by atoms with E-state index in [2.05, 4.69) is 15.2 Å². The molecule has 2 amide bonds. The molecule has 0 atom stereocenters. The van der Waals surface area contributed by atoms with Crippen molar-refractivity contribution in [3.8, 4) is 0 Å². The summed E-state index contributed by atoms with van der Waals surface area (Å²) in [4.78, 5) is 31.4. The van der Waals surface area contributed by atoms with E-state index >= 15 is 0 Å². The topological polar surface area (TPSA) is 77.6 Å². The predicted octanol–water partition coefficient (Wildman–Crippen LogP) is 0.904. The Morgan fingerprint density at radius 2 is 2.04 bits per heavy atom. The van der Waals surface area contributed by atoms with Crippen LogP contribution in [0.4, 0.5) is 13.2 Å². The van der Waals surface area contributed by atoms with Gasteiger partial charge in [-0.05, 0) is 44.1 Å². The third-order valence-corrected chi connectivity index (χ3v) is 4.54. The average Bonchev–Trinajstić information content (AvgIpc) is 2.61. The molecular formula is C18H26F3N5O2. The fourth-order valence-electron chi connectivity index (χ4n) is 2.75. The highest BCUT2D eigenvalue weighted by atomic mass is 19.4. The minimum absolute atomic E-state index is 0.00313. The number of pyridine rings is 1. The summed E-state index contributed by atoms with van der Waals surface area (Å²) in [6, 6.07) is 3.12. The lowest BCUT2D eigenvalue weighted by molar-refractivity contribution is -0.173. The predicted molar refractivity (Wildman–Crippen MR) is 97.2 cm³/mol. The number of rotatable bonds is 10. The van der Waals surface area contributed by atoms with Gasteiger partial charge in [0.25, 0.3) is 0 Å². The zero-order valence-corrected chi connectivity index (χ0v) is 15.9. The molecule has 0 bridgehead atoms. The van der Waals surface area contributed by atoms with E-state index in [-0.39, 0.29) is 19.0 Å². The van der Waals surface area contributed by atoms with E-state index in [0.29, 0.717) is 30.9 Å². The Bertz CT molecular complexity index is 665. The number of aromatic nitrogens is 1. The number of amides is 2. The lowest BCUT2D eigenvalue weighted by Gasteiger charge is -2.33. The van der Waals surface area contributed by atoms with E-state index in [4.69, 9.17) is 0 Å². The summed E-state index contributed by atoms with van der Waals surface area (Å²) in [5.74, 6) is -1.98. The molecule has 2 heterocycles.